The SMILES string of the molecule is Cc1nc(CN2CCOCC2CCNC(=O)CN(C)C)n[nH]1.O=CO. The monoisotopic (exact) mass is 356 g/mol. The lowest BCUT2D eigenvalue weighted by Gasteiger charge is -2.34. The number of rotatable bonds is 7. The van der Waals surface area contributed by atoms with Crippen LogP contribution in [0.15, 0.2) is 0 Å². The number of carboxylic acid groups (broad SMARTS) is 1. The average Bonchev–Trinajstić information content (AvgIpc) is 2.94. The van der Waals surface area contributed by atoms with Crippen LogP contribution >= 0.6 is 0 Å². The van der Waals surface area contributed by atoms with Gasteiger partial charge < -0.3 is 20.1 Å². The van der Waals surface area contributed by atoms with Crippen molar-refractivity contribution in [2.45, 2.75) is 25.9 Å². The first-order valence-corrected chi connectivity index (χ1v) is 8.15. The van der Waals surface area contributed by atoms with Gasteiger partial charge in [-0.25, -0.2) is 4.98 Å². The number of hydrogen-bond acceptors (Lipinski definition) is 7. The number of carbonyl (C=O) groups excluding carboxylic acids is 1. The molecule has 0 bridgehead atoms. The quantitative estimate of drug-likeness (QED) is 0.536. The zero-order valence-electron chi connectivity index (χ0n) is 15.1. The fourth-order valence-corrected chi connectivity index (χ4v) is 2.53. The molecule has 1 aliphatic heterocycles. The van der Waals surface area contributed by atoms with E-state index in [1.54, 1.807) is 0 Å². The lowest BCUT2D eigenvalue weighted by Crippen LogP contribution is -2.47. The van der Waals surface area contributed by atoms with Gasteiger partial charge in [0.15, 0.2) is 5.82 Å². The summed E-state index contributed by atoms with van der Waals surface area (Å²) in [6, 6.07) is 0.284. The minimum Gasteiger partial charge on any atom is -0.483 e. The molecule has 3 N–H and O–H groups in total. The molecule has 1 aromatic rings. The summed E-state index contributed by atoms with van der Waals surface area (Å²) in [6.07, 6.45) is 0.864. The number of nitrogens with zero attached hydrogens (tertiary/aromatic N) is 4. The predicted molar refractivity (Wildman–Crippen MR) is 91.0 cm³/mol. The third kappa shape index (κ3) is 8.57. The Balaban J connectivity index is 0.000000970. The summed E-state index contributed by atoms with van der Waals surface area (Å²) in [5, 5.41) is 16.9. The number of hydrogen-bond donors (Lipinski definition) is 3. The molecule has 1 aliphatic rings. The van der Waals surface area contributed by atoms with Gasteiger partial charge >= 0.3 is 0 Å². The molecule has 0 saturated carbocycles. The fraction of sp³-hybridized carbons (Fsp3) is 0.733. The van der Waals surface area contributed by atoms with Gasteiger partial charge in [-0.05, 0) is 27.4 Å². The molecule has 0 aliphatic carbocycles. The van der Waals surface area contributed by atoms with Crippen LogP contribution in [0.5, 0.6) is 0 Å². The Bertz CT molecular complexity index is 522. The van der Waals surface area contributed by atoms with Crippen molar-refractivity contribution in [3.8, 4) is 0 Å². The van der Waals surface area contributed by atoms with Gasteiger partial charge in [0.1, 0.15) is 5.82 Å². The molecule has 1 atom stereocenters. The Kier molecular flexibility index (Phi) is 9.66. The highest BCUT2D eigenvalue weighted by molar-refractivity contribution is 5.77. The summed E-state index contributed by atoms with van der Waals surface area (Å²) >= 11 is 0. The lowest BCUT2D eigenvalue weighted by atomic mass is 10.1. The van der Waals surface area contributed by atoms with E-state index in [9.17, 15) is 4.79 Å². The Hall–Kier alpha value is -2.04. The van der Waals surface area contributed by atoms with Crippen LogP contribution in [0, 0.1) is 6.92 Å². The van der Waals surface area contributed by atoms with Gasteiger partial charge in [0.25, 0.3) is 6.47 Å². The third-order valence-electron chi connectivity index (χ3n) is 3.60. The molecule has 1 fully saturated rings. The van der Waals surface area contributed by atoms with E-state index in [0.29, 0.717) is 26.2 Å². The number of H-pyrrole nitrogens is 1. The Morgan fingerprint density at radius 1 is 1.56 bits per heavy atom. The normalized spacial score (nSPS) is 17.7. The summed E-state index contributed by atoms with van der Waals surface area (Å²) in [7, 11) is 3.77. The van der Waals surface area contributed by atoms with Crippen LogP contribution in [0.2, 0.25) is 0 Å². The van der Waals surface area contributed by atoms with Gasteiger partial charge in [-0.2, -0.15) is 5.10 Å². The Morgan fingerprint density at radius 3 is 2.88 bits per heavy atom. The van der Waals surface area contributed by atoms with E-state index < -0.39 is 0 Å². The fourth-order valence-electron chi connectivity index (χ4n) is 2.53. The number of ether oxygens (including phenoxy) is 1. The highest BCUT2D eigenvalue weighted by atomic mass is 16.5. The van der Waals surface area contributed by atoms with Crippen LogP contribution in [-0.2, 0) is 20.9 Å². The number of likely N-dealkylation sites (N-methyl/N-ethyl adjacent to an activating group) is 1. The molecule has 2 heterocycles. The molecule has 0 radical (unpaired) electrons. The second kappa shape index (κ2) is 11.5. The third-order valence-corrected chi connectivity index (χ3v) is 3.60. The number of aryl methyl sites for hydroxylation is 1. The van der Waals surface area contributed by atoms with E-state index in [-0.39, 0.29) is 18.4 Å². The van der Waals surface area contributed by atoms with Gasteiger partial charge in [-0.1, -0.05) is 0 Å². The molecule has 25 heavy (non-hydrogen) atoms. The van der Waals surface area contributed by atoms with Crippen molar-refractivity contribution in [1.29, 1.82) is 0 Å². The standard InChI is InChI=1S/C14H26N6O2.CH2O2/c1-11-16-13(18-17-11)8-20-6-7-22-10-12(20)4-5-15-14(21)9-19(2)3;2-1-3/h12H,4-10H2,1-3H3,(H,15,21)(H,16,17,18);1H,(H,2,3). The molecule has 1 saturated heterocycles. The first-order valence-electron chi connectivity index (χ1n) is 8.15. The number of aromatic nitrogens is 3. The van der Waals surface area contributed by atoms with Crippen molar-refractivity contribution < 1.29 is 19.4 Å². The van der Waals surface area contributed by atoms with Crippen molar-refractivity contribution >= 4 is 12.4 Å². The minimum atomic E-state index is -0.250. The molecule has 10 heteroatoms. The largest absolute Gasteiger partial charge is 0.483 e. The second-order valence-corrected chi connectivity index (χ2v) is 6.02. The highest BCUT2D eigenvalue weighted by Gasteiger charge is 2.24. The number of nitrogens with one attached hydrogen (secondary N) is 2. The molecule has 1 unspecified atom stereocenters. The van der Waals surface area contributed by atoms with E-state index in [1.165, 1.54) is 0 Å². The van der Waals surface area contributed by atoms with Crippen LogP contribution in [-0.4, -0.2) is 95.5 Å². The smallest absolute Gasteiger partial charge is 0.290 e. The van der Waals surface area contributed by atoms with Gasteiger partial charge in [0.2, 0.25) is 5.91 Å². The first kappa shape index (κ1) is 21.0. The van der Waals surface area contributed by atoms with E-state index in [1.807, 2.05) is 25.9 Å². The molecule has 2 rings (SSSR count). The maximum Gasteiger partial charge on any atom is 0.290 e. The van der Waals surface area contributed by atoms with Crippen LogP contribution < -0.4 is 5.32 Å². The van der Waals surface area contributed by atoms with Gasteiger partial charge in [0.05, 0.1) is 26.3 Å². The molecule has 0 spiro atoms. The highest BCUT2D eigenvalue weighted by Crippen LogP contribution is 2.12. The Morgan fingerprint density at radius 2 is 2.28 bits per heavy atom. The lowest BCUT2D eigenvalue weighted by molar-refractivity contribution is -0.123. The topological polar surface area (TPSA) is 124 Å². The number of morpholine rings is 1. The molecular weight excluding hydrogens is 328 g/mol. The van der Waals surface area contributed by atoms with Gasteiger partial charge in [-0.3, -0.25) is 19.6 Å². The van der Waals surface area contributed by atoms with Crippen molar-refractivity contribution in [2.75, 3.05) is 46.9 Å². The molecule has 0 aromatic carbocycles. The molecule has 142 valence electrons. The Labute approximate surface area is 147 Å². The first-order chi connectivity index (χ1) is 12.0. The van der Waals surface area contributed by atoms with Crippen LogP contribution in [0.3, 0.4) is 0 Å². The zero-order valence-corrected chi connectivity index (χ0v) is 15.1. The van der Waals surface area contributed by atoms with Crippen molar-refractivity contribution in [1.82, 2.24) is 30.3 Å². The van der Waals surface area contributed by atoms with Crippen LogP contribution in [0.1, 0.15) is 18.1 Å². The summed E-state index contributed by atoms with van der Waals surface area (Å²) in [5.41, 5.74) is 0. The molecular formula is C15H28N6O4. The number of amides is 1. The van der Waals surface area contributed by atoms with E-state index in [2.05, 4.69) is 25.4 Å². The number of aromatic amines is 1. The van der Waals surface area contributed by atoms with E-state index in [4.69, 9.17) is 14.6 Å². The second-order valence-electron chi connectivity index (χ2n) is 6.02. The number of carbonyl (C=O) groups is 2. The maximum atomic E-state index is 11.6. The van der Waals surface area contributed by atoms with Crippen molar-refractivity contribution in [3.05, 3.63) is 11.6 Å². The van der Waals surface area contributed by atoms with Gasteiger partial charge in [-0.15, -0.1) is 0 Å². The van der Waals surface area contributed by atoms with Gasteiger partial charge in [0, 0.05) is 19.1 Å². The average molecular weight is 356 g/mol. The minimum absolute atomic E-state index is 0.0536. The van der Waals surface area contributed by atoms with Crippen LogP contribution in [0.25, 0.3) is 0 Å². The van der Waals surface area contributed by atoms with Crippen molar-refractivity contribution in [2.24, 2.45) is 0 Å². The predicted octanol–water partition coefficient (Wildman–Crippen LogP) is -0.917. The van der Waals surface area contributed by atoms with E-state index >= 15 is 0 Å². The summed E-state index contributed by atoms with van der Waals surface area (Å²) in [5.74, 6) is 1.69. The van der Waals surface area contributed by atoms with Crippen LogP contribution in [0.4, 0.5) is 0 Å². The van der Waals surface area contributed by atoms with Crippen molar-refractivity contribution in [3.63, 3.8) is 0 Å². The summed E-state index contributed by atoms with van der Waals surface area (Å²) in [4.78, 5) is 28.5. The zero-order chi connectivity index (χ0) is 18.7. The maximum absolute atomic E-state index is 11.6. The molecule has 1 aromatic heterocycles. The molecule has 1 amide bonds. The summed E-state index contributed by atoms with van der Waals surface area (Å²) < 4.78 is 5.57. The summed E-state index contributed by atoms with van der Waals surface area (Å²) in [6.45, 7) is 5.72. The molecule has 10 nitrogen and oxygen atoms in total. The van der Waals surface area contributed by atoms with E-state index in [0.717, 1.165) is 31.2 Å².